The highest BCUT2D eigenvalue weighted by molar-refractivity contribution is 7.58. The molecule has 6 nitrogen and oxygen atoms in total. The summed E-state index contributed by atoms with van der Waals surface area (Å²) in [6.45, 7) is 8.82. The van der Waals surface area contributed by atoms with Crippen molar-refractivity contribution < 1.29 is 23.1 Å². The van der Waals surface area contributed by atoms with Gasteiger partial charge in [-0.1, -0.05) is 12.6 Å². The first-order valence-electron chi connectivity index (χ1n) is 6.60. The number of carbonyl (C=O) groups is 1. The first-order chi connectivity index (χ1) is 9.94. The summed E-state index contributed by atoms with van der Waals surface area (Å²) in [7, 11) is -3.59. The van der Waals surface area contributed by atoms with Gasteiger partial charge in [0.2, 0.25) is 0 Å². The average molecular weight is 313 g/mol. The zero-order valence-corrected chi connectivity index (χ0v) is 13.3. The summed E-state index contributed by atoms with van der Waals surface area (Å²) in [5.74, 6) is -0.524. The van der Waals surface area contributed by atoms with E-state index in [9.17, 15) is 9.36 Å². The van der Waals surface area contributed by atoms with Crippen LogP contribution in [0.3, 0.4) is 0 Å². The molecule has 0 amide bonds. The number of carbonyl (C=O) groups excluding carboxylic acids is 1. The van der Waals surface area contributed by atoms with Gasteiger partial charge in [-0.15, -0.1) is 0 Å². The van der Waals surface area contributed by atoms with Crippen LogP contribution in [-0.4, -0.2) is 24.2 Å². The molecule has 1 heterocycles. The molecule has 1 unspecified atom stereocenters. The van der Waals surface area contributed by atoms with Crippen LogP contribution < -0.4 is 0 Å². The SMILES string of the molecule is C=C(C(OC(C)=O)c1cccnc1)P(=O)(OCC)OCC. The Balaban J connectivity index is 3.15. The Bertz CT molecular complexity index is 521. The lowest BCUT2D eigenvalue weighted by molar-refractivity contribution is -0.144. The second-order valence-electron chi connectivity index (χ2n) is 4.10. The minimum atomic E-state index is -3.59. The maximum Gasteiger partial charge on any atom is 0.360 e. The molecule has 0 aliphatic carbocycles. The van der Waals surface area contributed by atoms with Gasteiger partial charge >= 0.3 is 13.6 Å². The van der Waals surface area contributed by atoms with Crippen molar-refractivity contribution in [3.63, 3.8) is 0 Å². The number of ether oxygens (including phenoxy) is 1. The summed E-state index contributed by atoms with van der Waals surface area (Å²) in [6.07, 6.45) is 2.17. The molecular weight excluding hydrogens is 293 g/mol. The third kappa shape index (κ3) is 4.77. The first kappa shape index (κ1) is 17.6. The number of esters is 1. The summed E-state index contributed by atoms with van der Waals surface area (Å²) < 4.78 is 28.5. The van der Waals surface area contributed by atoms with Gasteiger partial charge in [-0.25, -0.2) is 0 Å². The Morgan fingerprint density at radius 2 is 2.00 bits per heavy atom. The summed E-state index contributed by atoms with van der Waals surface area (Å²) in [5.41, 5.74) is 0.553. The van der Waals surface area contributed by atoms with Crippen LogP contribution in [0.4, 0.5) is 0 Å². The third-order valence-corrected chi connectivity index (χ3v) is 4.66. The molecule has 0 bridgehead atoms. The zero-order valence-electron chi connectivity index (χ0n) is 12.4. The second kappa shape index (κ2) is 8.08. The molecule has 1 aromatic heterocycles. The predicted molar refractivity (Wildman–Crippen MR) is 78.7 cm³/mol. The lowest BCUT2D eigenvalue weighted by atomic mass is 10.1. The highest BCUT2D eigenvalue weighted by Crippen LogP contribution is 2.59. The summed E-state index contributed by atoms with van der Waals surface area (Å²) in [6, 6.07) is 3.39. The van der Waals surface area contributed by atoms with Crippen LogP contribution in [0, 0.1) is 0 Å². The zero-order chi connectivity index (χ0) is 15.9. The number of hydrogen-bond donors (Lipinski definition) is 0. The van der Waals surface area contributed by atoms with Crippen molar-refractivity contribution in [1.82, 2.24) is 4.98 Å². The van der Waals surface area contributed by atoms with Crippen molar-refractivity contribution >= 4 is 13.6 Å². The van der Waals surface area contributed by atoms with Gasteiger partial charge < -0.3 is 13.8 Å². The van der Waals surface area contributed by atoms with Crippen molar-refractivity contribution in [1.29, 1.82) is 0 Å². The smallest absolute Gasteiger partial charge is 0.360 e. The van der Waals surface area contributed by atoms with E-state index in [1.807, 2.05) is 0 Å². The van der Waals surface area contributed by atoms with E-state index in [0.29, 0.717) is 5.56 Å². The molecular formula is C14H20NO5P. The lowest BCUT2D eigenvalue weighted by Gasteiger charge is -2.25. The largest absolute Gasteiger partial charge is 0.452 e. The fraction of sp³-hybridized carbons (Fsp3) is 0.429. The predicted octanol–water partition coefficient (Wildman–Crippen LogP) is 3.47. The monoisotopic (exact) mass is 313 g/mol. The first-order valence-corrected chi connectivity index (χ1v) is 8.14. The molecule has 0 fully saturated rings. The van der Waals surface area contributed by atoms with E-state index in [1.165, 1.54) is 13.1 Å². The van der Waals surface area contributed by atoms with Gasteiger partial charge in [0, 0.05) is 24.9 Å². The Morgan fingerprint density at radius 1 is 1.38 bits per heavy atom. The van der Waals surface area contributed by atoms with Crippen LogP contribution in [0.25, 0.3) is 0 Å². The van der Waals surface area contributed by atoms with E-state index in [0.717, 1.165) is 0 Å². The van der Waals surface area contributed by atoms with Gasteiger partial charge in [0.25, 0.3) is 0 Å². The molecule has 1 atom stereocenters. The number of hydrogen-bond acceptors (Lipinski definition) is 6. The molecule has 7 heteroatoms. The highest BCUT2D eigenvalue weighted by Gasteiger charge is 2.36. The van der Waals surface area contributed by atoms with E-state index in [1.54, 1.807) is 32.2 Å². The molecule has 0 saturated carbocycles. The standard InChI is InChI=1S/C14H20NO5P/c1-5-18-21(17,19-6-2)11(3)14(20-12(4)16)13-8-7-9-15-10-13/h7-10,14H,3,5-6H2,1-2,4H3. The number of aromatic nitrogens is 1. The fourth-order valence-corrected chi connectivity index (χ4v) is 3.29. The quantitative estimate of drug-likeness (QED) is 0.540. The molecule has 0 radical (unpaired) electrons. The van der Waals surface area contributed by atoms with Crippen molar-refractivity contribution in [3.05, 3.63) is 42.0 Å². The van der Waals surface area contributed by atoms with Gasteiger partial charge in [0.1, 0.15) is 0 Å². The van der Waals surface area contributed by atoms with Crippen molar-refractivity contribution in [3.8, 4) is 0 Å². The van der Waals surface area contributed by atoms with Gasteiger partial charge in [0.15, 0.2) is 6.10 Å². The third-order valence-electron chi connectivity index (χ3n) is 2.52. The number of nitrogens with zero attached hydrogens (tertiary/aromatic N) is 1. The number of rotatable bonds is 8. The summed E-state index contributed by atoms with van der Waals surface area (Å²) in [5, 5.41) is 0.0781. The molecule has 0 aliphatic heterocycles. The van der Waals surface area contributed by atoms with Crippen LogP contribution in [0.2, 0.25) is 0 Å². The summed E-state index contributed by atoms with van der Waals surface area (Å²) in [4.78, 5) is 15.3. The van der Waals surface area contributed by atoms with Crippen LogP contribution >= 0.6 is 7.60 Å². The van der Waals surface area contributed by atoms with Crippen LogP contribution in [0.1, 0.15) is 32.4 Å². The maximum absolute atomic E-state index is 12.8. The van der Waals surface area contributed by atoms with Crippen LogP contribution in [0.5, 0.6) is 0 Å². The maximum atomic E-state index is 12.8. The van der Waals surface area contributed by atoms with Crippen molar-refractivity contribution in [2.24, 2.45) is 0 Å². The highest BCUT2D eigenvalue weighted by atomic mass is 31.2. The van der Waals surface area contributed by atoms with Crippen LogP contribution in [0.15, 0.2) is 36.4 Å². The molecule has 0 aromatic carbocycles. The lowest BCUT2D eigenvalue weighted by Crippen LogP contribution is -2.13. The van der Waals surface area contributed by atoms with Crippen LogP contribution in [-0.2, 0) is 23.1 Å². The fourth-order valence-electron chi connectivity index (χ4n) is 1.71. The molecule has 21 heavy (non-hydrogen) atoms. The number of pyridine rings is 1. The molecule has 116 valence electrons. The normalized spacial score (nSPS) is 12.7. The second-order valence-corrected chi connectivity index (χ2v) is 6.19. The molecule has 1 aromatic rings. The Labute approximate surface area is 124 Å². The van der Waals surface area contributed by atoms with Gasteiger partial charge in [-0.05, 0) is 19.9 Å². The topological polar surface area (TPSA) is 74.7 Å². The summed E-state index contributed by atoms with van der Waals surface area (Å²) >= 11 is 0. The molecule has 0 spiro atoms. The Hall–Kier alpha value is -1.49. The van der Waals surface area contributed by atoms with Gasteiger partial charge in [-0.3, -0.25) is 14.3 Å². The van der Waals surface area contributed by atoms with E-state index < -0.39 is 19.7 Å². The Morgan fingerprint density at radius 3 is 2.43 bits per heavy atom. The van der Waals surface area contributed by atoms with Crippen molar-refractivity contribution in [2.45, 2.75) is 26.9 Å². The average Bonchev–Trinajstić information content (AvgIpc) is 2.45. The minimum Gasteiger partial charge on any atom is -0.452 e. The van der Waals surface area contributed by atoms with E-state index >= 15 is 0 Å². The van der Waals surface area contributed by atoms with E-state index in [2.05, 4.69) is 11.6 Å². The molecule has 0 aliphatic rings. The Kier molecular flexibility index (Phi) is 6.75. The van der Waals surface area contributed by atoms with Gasteiger partial charge in [-0.2, -0.15) is 0 Å². The molecule has 0 saturated heterocycles. The van der Waals surface area contributed by atoms with Crippen molar-refractivity contribution in [2.75, 3.05) is 13.2 Å². The van der Waals surface area contributed by atoms with Gasteiger partial charge in [0.05, 0.1) is 18.5 Å². The molecule has 0 N–H and O–H groups in total. The van der Waals surface area contributed by atoms with E-state index in [4.69, 9.17) is 13.8 Å². The molecule has 1 rings (SSSR count). The van der Waals surface area contributed by atoms with E-state index in [-0.39, 0.29) is 18.5 Å². The minimum absolute atomic E-state index is 0.0781.